The Hall–Kier alpha value is -0.290. The fourth-order valence-electron chi connectivity index (χ4n) is 2.32. The summed E-state index contributed by atoms with van der Waals surface area (Å²) in [6.45, 7) is -0.220. The van der Waals surface area contributed by atoms with Crippen LogP contribution in [0, 0.1) is 5.41 Å². The minimum absolute atomic E-state index is 0.0307. The molecule has 3 fully saturated rings. The van der Waals surface area contributed by atoms with Gasteiger partial charge in [-0.05, 0) is 12.8 Å². The van der Waals surface area contributed by atoms with Gasteiger partial charge in [0.25, 0.3) is 0 Å². The van der Waals surface area contributed by atoms with Crippen LogP contribution in [0.15, 0.2) is 0 Å². The fraction of sp³-hybridized carbons (Fsp3) is 1.00. The van der Waals surface area contributed by atoms with Gasteiger partial charge in [-0.1, -0.05) is 0 Å². The van der Waals surface area contributed by atoms with Gasteiger partial charge in [-0.15, -0.1) is 0 Å². The van der Waals surface area contributed by atoms with Crippen molar-refractivity contribution in [1.29, 1.82) is 0 Å². The molecule has 1 saturated carbocycles. The van der Waals surface area contributed by atoms with Gasteiger partial charge >= 0.3 is 6.18 Å². The molecule has 2 saturated heterocycles. The molecule has 0 unspecified atom stereocenters. The Labute approximate surface area is 67.8 Å². The van der Waals surface area contributed by atoms with E-state index < -0.39 is 17.1 Å². The second-order valence-corrected chi connectivity index (χ2v) is 3.92. The summed E-state index contributed by atoms with van der Waals surface area (Å²) in [4.78, 5) is 0. The highest BCUT2D eigenvalue weighted by molar-refractivity contribution is 5.19. The van der Waals surface area contributed by atoms with Crippen LogP contribution in [0.5, 0.6) is 0 Å². The summed E-state index contributed by atoms with van der Waals surface area (Å²) in [5.41, 5.74) is -2.15. The van der Waals surface area contributed by atoms with Crippen LogP contribution in [0.1, 0.15) is 12.8 Å². The van der Waals surface area contributed by atoms with E-state index in [1.54, 1.807) is 0 Å². The molecular formula is C7H10F3NO. The Balaban J connectivity index is 2.14. The molecule has 0 radical (unpaired) electrons. The molecule has 0 spiro atoms. The van der Waals surface area contributed by atoms with E-state index in [0.717, 1.165) is 0 Å². The maximum atomic E-state index is 12.4. The molecular weight excluding hydrogens is 171 g/mol. The van der Waals surface area contributed by atoms with Crippen molar-refractivity contribution >= 4 is 0 Å². The van der Waals surface area contributed by atoms with Gasteiger partial charge in [-0.2, -0.15) is 13.2 Å². The summed E-state index contributed by atoms with van der Waals surface area (Å²) in [5, 5.41) is 11.5. The maximum absolute atomic E-state index is 12.4. The van der Waals surface area contributed by atoms with Gasteiger partial charge in [0.05, 0.1) is 12.0 Å². The number of hydrogen-bond acceptors (Lipinski definition) is 2. The molecule has 70 valence electrons. The van der Waals surface area contributed by atoms with Gasteiger partial charge in [0, 0.05) is 12.1 Å². The fourth-order valence-corrected chi connectivity index (χ4v) is 2.32. The molecule has 2 nitrogen and oxygen atoms in total. The Kier molecular flexibility index (Phi) is 1.36. The van der Waals surface area contributed by atoms with Crippen molar-refractivity contribution in [3.05, 3.63) is 0 Å². The summed E-state index contributed by atoms with van der Waals surface area (Å²) in [5.74, 6) is 0. The Bertz CT molecular complexity index is 207. The lowest BCUT2D eigenvalue weighted by Crippen LogP contribution is -2.55. The molecule has 0 amide bonds. The van der Waals surface area contributed by atoms with Crippen LogP contribution in [-0.2, 0) is 0 Å². The van der Waals surface area contributed by atoms with Crippen LogP contribution >= 0.6 is 0 Å². The van der Waals surface area contributed by atoms with Gasteiger partial charge in [-0.3, -0.25) is 0 Å². The highest BCUT2D eigenvalue weighted by Gasteiger charge is 2.71. The van der Waals surface area contributed by atoms with Gasteiger partial charge in [0.15, 0.2) is 0 Å². The normalized spacial score (nSPS) is 46.0. The van der Waals surface area contributed by atoms with Crippen LogP contribution in [0.25, 0.3) is 0 Å². The molecule has 0 aromatic heterocycles. The average molecular weight is 181 g/mol. The second kappa shape index (κ2) is 1.96. The second-order valence-electron chi connectivity index (χ2n) is 3.92. The molecule has 0 atom stereocenters. The molecule has 1 aliphatic carbocycles. The lowest BCUT2D eigenvalue weighted by atomic mass is 9.62. The van der Waals surface area contributed by atoms with Crippen molar-refractivity contribution in [3.63, 3.8) is 0 Å². The molecule has 0 aromatic rings. The zero-order valence-electron chi connectivity index (χ0n) is 6.41. The monoisotopic (exact) mass is 181 g/mol. The first kappa shape index (κ1) is 8.31. The first-order chi connectivity index (χ1) is 5.43. The van der Waals surface area contributed by atoms with Crippen molar-refractivity contribution in [2.45, 2.75) is 24.6 Å². The van der Waals surface area contributed by atoms with E-state index in [2.05, 4.69) is 5.32 Å². The Morgan fingerprint density at radius 2 is 1.92 bits per heavy atom. The van der Waals surface area contributed by atoms with E-state index in [1.807, 2.05) is 0 Å². The van der Waals surface area contributed by atoms with Crippen LogP contribution in [0.3, 0.4) is 0 Å². The van der Waals surface area contributed by atoms with Crippen molar-refractivity contribution in [3.8, 4) is 0 Å². The molecule has 3 rings (SSSR count). The highest BCUT2D eigenvalue weighted by Crippen LogP contribution is 2.61. The van der Waals surface area contributed by atoms with Gasteiger partial charge in [0.1, 0.15) is 0 Å². The zero-order valence-corrected chi connectivity index (χ0v) is 6.41. The number of hydrogen-bond donors (Lipinski definition) is 2. The predicted octanol–water partition coefficient (Wildman–Crippen LogP) is 0.663. The number of alkyl halides is 3. The molecule has 12 heavy (non-hydrogen) atoms. The van der Waals surface area contributed by atoms with Crippen molar-refractivity contribution in [2.75, 3.05) is 13.2 Å². The predicted molar refractivity (Wildman–Crippen MR) is 35.5 cm³/mol. The lowest BCUT2D eigenvalue weighted by molar-refractivity contribution is -0.244. The number of aliphatic hydroxyl groups is 1. The third kappa shape index (κ3) is 0.781. The molecule has 0 aromatic carbocycles. The van der Waals surface area contributed by atoms with E-state index >= 15 is 0 Å². The number of halogens is 3. The van der Waals surface area contributed by atoms with Crippen molar-refractivity contribution in [1.82, 2.24) is 5.32 Å². The van der Waals surface area contributed by atoms with E-state index in [0.29, 0.717) is 0 Å². The van der Waals surface area contributed by atoms with E-state index in [4.69, 9.17) is 5.11 Å². The standard InChI is InChI=1S/C7H10F3NO/c8-7(9,10)5-1-6(2-5,4-12)11-3-5/h11-12H,1-4H2. The first-order valence-electron chi connectivity index (χ1n) is 3.86. The van der Waals surface area contributed by atoms with Crippen LogP contribution < -0.4 is 5.32 Å². The minimum atomic E-state index is -4.12. The molecule has 2 aliphatic heterocycles. The third-order valence-electron chi connectivity index (χ3n) is 3.06. The quantitative estimate of drug-likeness (QED) is 0.623. The maximum Gasteiger partial charge on any atom is 0.395 e. The highest BCUT2D eigenvalue weighted by atomic mass is 19.4. The Morgan fingerprint density at radius 1 is 1.33 bits per heavy atom. The molecule has 2 bridgehead atoms. The van der Waals surface area contributed by atoms with Crippen LogP contribution in [0.4, 0.5) is 13.2 Å². The summed E-state index contributed by atoms with van der Waals surface area (Å²) >= 11 is 0. The first-order valence-corrected chi connectivity index (χ1v) is 3.86. The topological polar surface area (TPSA) is 32.3 Å². The zero-order chi connectivity index (χ0) is 9.04. The summed E-state index contributed by atoms with van der Waals surface area (Å²) in [6, 6.07) is 0. The lowest BCUT2D eigenvalue weighted by Gasteiger charge is -2.45. The van der Waals surface area contributed by atoms with Crippen molar-refractivity contribution < 1.29 is 18.3 Å². The SMILES string of the molecule is OCC12CC(C(F)(F)F)(CN1)C2. The minimum Gasteiger partial charge on any atom is -0.394 e. The third-order valence-corrected chi connectivity index (χ3v) is 3.06. The van der Waals surface area contributed by atoms with E-state index in [9.17, 15) is 13.2 Å². The summed E-state index contributed by atoms with van der Waals surface area (Å²) < 4.78 is 37.1. The molecule has 5 heteroatoms. The van der Waals surface area contributed by atoms with E-state index in [-0.39, 0.29) is 26.0 Å². The van der Waals surface area contributed by atoms with Gasteiger partial charge < -0.3 is 10.4 Å². The molecule has 2 N–H and O–H groups in total. The Morgan fingerprint density at radius 3 is 2.17 bits per heavy atom. The molecule has 3 aliphatic rings. The van der Waals surface area contributed by atoms with Gasteiger partial charge in [0.2, 0.25) is 0 Å². The van der Waals surface area contributed by atoms with Crippen LogP contribution in [-0.4, -0.2) is 30.0 Å². The number of aliphatic hydroxyl groups excluding tert-OH is 1. The largest absolute Gasteiger partial charge is 0.395 e. The average Bonchev–Trinajstić information content (AvgIpc) is 2.37. The molecule has 2 heterocycles. The van der Waals surface area contributed by atoms with Crippen molar-refractivity contribution in [2.24, 2.45) is 5.41 Å². The van der Waals surface area contributed by atoms with Crippen LogP contribution in [0.2, 0.25) is 0 Å². The number of nitrogens with one attached hydrogen (secondary N) is 1. The summed E-state index contributed by atoms with van der Waals surface area (Å²) in [7, 11) is 0. The van der Waals surface area contributed by atoms with E-state index in [1.165, 1.54) is 0 Å². The number of fused-ring (bicyclic) bond motifs is 1. The smallest absolute Gasteiger partial charge is 0.394 e. The van der Waals surface area contributed by atoms with Gasteiger partial charge in [-0.25, -0.2) is 0 Å². The number of rotatable bonds is 1. The summed E-state index contributed by atoms with van der Waals surface area (Å²) in [6.07, 6.45) is -4.03.